The molecule has 0 aromatic rings. The number of ether oxygens (including phenoxy) is 2. The second-order valence-electron chi connectivity index (χ2n) is 26.8. The lowest BCUT2D eigenvalue weighted by atomic mass is 10.0. The molecular weight excluding hydrogens is 1030 g/mol. The van der Waals surface area contributed by atoms with Gasteiger partial charge in [0.15, 0.2) is 6.10 Å². The molecule has 1 atom stereocenters. The summed E-state index contributed by atoms with van der Waals surface area (Å²) in [5.74, 6) is -0.560. The minimum Gasteiger partial charge on any atom is -0.462 e. The molecule has 5 nitrogen and oxygen atoms in total. The summed E-state index contributed by atoms with van der Waals surface area (Å²) in [6.07, 6.45) is 99.8. The molecule has 0 aliphatic carbocycles. The minimum atomic E-state index is -0.768. The maximum Gasteiger partial charge on any atom is 0.306 e. The zero-order valence-electron chi connectivity index (χ0n) is 57.5. The van der Waals surface area contributed by atoms with E-state index in [1.54, 1.807) is 0 Å². The predicted octanol–water partition coefficient (Wildman–Crippen LogP) is 27.1. The largest absolute Gasteiger partial charge is 0.462 e. The zero-order chi connectivity index (χ0) is 60.5. The summed E-state index contributed by atoms with van der Waals surface area (Å²) in [7, 11) is 0. The van der Waals surface area contributed by atoms with Crippen LogP contribution in [-0.2, 0) is 19.1 Å². The Kier molecular flexibility index (Phi) is 74.2. The van der Waals surface area contributed by atoms with Gasteiger partial charge in [-0.25, -0.2) is 0 Å². The molecule has 0 saturated heterocycles. The fraction of sp³-hybridized carbons (Fsp3) is 0.924. The molecule has 0 bridgehead atoms. The molecule has 498 valence electrons. The molecule has 0 saturated carbocycles. The van der Waals surface area contributed by atoms with Crippen molar-refractivity contribution >= 4 is 11.9 Å². The third-order valence-corrected chi connectivity index (χ3v) is 18.2. The number of carbonyl (C=O) groups excluding carboxylic acids is 2. The van der Waals surface area contributed by atoms with Gasteiger partial charge in [0.25, 0.3) is 0 Å². The Morgan fingerprint density at radius 1 is 0.274 bits per heavy atom. The lowest BCUT2D eigenvalue weighted by molar-refractivity contribution is -0.161. The van der Waals surface area contributed by atoms with Crippen molar-refractivity contribution in [2.45, 2.75) is 457 Å². The molecule has 5 heteroatoms. The summed E-state index contributed by atoms with van der Waals surface area (Å²) in [5.41, 5.74) is 0. The summed E-state index contributed by atoms with van der Waals surface area (Å²) >= 11 is 0. The van der Waals surface area contributed by atoms with Gasteiger partial charge in [0.1, 0.15) is 6.61 Å². The van der Waals surface area contributed by atoms with E-state index in [9.17, 15) is 14.7 Å². The molecule has 0 amide bonds. The van der Waals surface area contributed by atoms with Crippen LogP contribution in [0.1, 0.15) is 450 Å². The van der Waals surface area contributed by atoms with Gasteiger partial charge < -0.3 is 14.6 Å². The average molecular weight is 1180 g/mol. The van der Waals surface area contributed by atoms with Crippen molar-refractivity contribution in [1.29, 1.82) is 0 Å². The minimum absolute atomic E-state index is 0.0571. The molecular formula is C79H152O5. The Morgan fingerprint density at radius 2 is 0.476 bits per heavy atom. The van der Waals surface area contributed by atoms with Crippen molar-refractivity contribution in [3.8, 4) is 0 Å². The average Bonchev–Trinajstić information content (AvgIpc) is 3.51. The van der Waals surface area contributed by atoms with Crippen LogP contribution < -0.4 is 0 Å². The van der Waals surface area contributed by atoms with Crippen LogP contribution in [0.3, 0.4) is 0 Å². The third-order valence-electron chi connectivity index (χ3n) is 18.2. The first-order valence-corrected chi connectivity index (χ1v) is 38.9. The summed E-state index contributed by atoms with van der Waals surface area (Å²) in [6.45, 7) is 4.21. The van der Waals surface area contributed by atoms with Gasteiger partial charge in [-0.3, -0.25) is 9.59 Å². The van der Waals surface area contributed by atoms with E-state index in [0.717, 1.165) is 38.5 Å². The SMILES string of the molecule is CCCCCCC/C=C\C/C=C\CCCCCCCCCCCCCCCCCCCCCCCCCC(=O)OC(CO)COC(=O)CCCCCCCCCCCCCCCCCCCCCCCCCCCCCCCCCCCCC. The number of unbranched alkanes of at least 4 members (excludes halogenated alkanes) is 62. The van der Waals surface area contributed by atoms with Gasteiger partial charge in [0.05, 0.1) is 6.61 Å². The molecule has 1 N–H and O–H groups in total. The van der Waals surface area contributed by atoms with E-state index in [0.29, 0.717) is 12.8 Å². The van der Waals surface area contributed by atoms with Gasteiger partial charge in [-0.05, 0) is 44.9 Å². The standard InChI is InChI=1S/C79H152O5/c1-3-5-7-9-11-13-15-17-19-21-23-25-27-29-31-33-35-37-39-41-43-45-47-49-51-53-55-57-59-61-63-65-67-69-71-73-78(81)83-76-77(75-80)84-79(82)74-72-70-68-66-64-62-60-58-56-54-52-50-48-46-44-42-40-38-36-34-32-30-28-26-24-22-20-18-16-14-12-10-8-6-4-2/h16,18,22,24,77,80H,3-15,17,19-21,23,25-76H2,1-2H3/b18-16-,24-22-. The van der Waals surface area contributed by atoms with Crippen molar-refractivity contribution in [3.63, 3.8) is 0 Å². The summed E-state index contributed by atoms with van der Waals surface area (Å²) in [6, 6.07) is 0. The number of carbonyl (C=O) groups is 2. The van der Waals surface area contributed by atoms with Gasteiger partial charge in [-0.2, -0.15) is 0 Å². The van der Waals surface area contributed by atoms with Crippen molar-refractivity contribution < 1.29 is 24.2 Å². The van der Waals surface area contributed by atoms with E-state index in [1.165, 1.54) is 385 Å². The lowest BCUT2D eigenvalue weighted by Crippen LogP contribution is -2.28. The number of hydrogen-bond acceptors (Lipinski definition) is 5. The molecule has 0 aromatic heterocycles. The fourth-order valence-corrected chi connectivity index (χ4v) is 12.4. The maximum atomic E-state index is 12.4. The van der Waals surface area contributed by atoms with E-state index in [-0.39, 0.29) is 25.2 Å². The molecule has 0 radical (unpaired) electrons. The highest BCUT2D eigenvalue weighted by molar-refractivity contribution is 5.70. The van der Waals surface area contributed by atoms with E-state index in [1.807, 2.05) is 0 Å². The van der Waals surface area contributed by atoms with Gasteiger partial charge in [-0.1, -0.05) is 417 Å². The number of hydrogen-bond donors (Lipinski definition) is 1. The number of aliphatic hydroxyl groups is 1. The number of aliphatic hydroxyl groups excluding tert-OH is 1. The molecule has 0 aromatic carbocycles. The van der Waals surface area contributed by atoms with Crippen LogP contribution in [0, 0.1) is 0 Å². The molecule has 0 aliphatic rings. The molecule has 84 heavy (non-hydrogen) atoms. The lowest BCUT2D eigenvalue weighted by Gasteiger charge is -2.15. The molecule has 1 unspecified atom stereocenters. The first kappa shape index (κ1) is 82.4. The van der Waals surface area contributed by atoms with Crippen molar-refractivity contribution in [2.24, 2.45) is 0 Å². The van der Waals surface area contributed by atoms with E-state index >= 15 is 0 Å². The Morgan fingerprint density at radius 3 is 0.702 bits per heavy atom. The van der Waals surface area contributed by atoms with Gasteiger partial charge in [-0.15, -0.1) is 0 Å². The van der Waals surface area contributed by atoms with Crippen LogP contribution in [-0.4, -0.2) is 36.4 Å². The first-order chi connectivity index (χ1) is 41.6. The van der Waals surface area contributed by atoms with Crippen LogP contribution in [0.25, 0.3) is 0 Å². The molecule has 0 rings (SSSR count). The molecule has 0 heterocycles. The van der Waals surface area contributed by atoms with Crippen LogP contribution in [0.2, 0.25) is 0 Å². The molecule has 0 spiro atoms. The van der Waals surface area contributed by atoms with Gasteiger partial charge >= 0.3 is 11.9 Å². The van der Waals surface area contributed by atoms with E-state index in [2.05, 4.69) is 38.2 Å². The number of allylic oxidation sites excluding steroid dienone is 4. The highest BCUT2D eigenvalue weighted by atomic mass is 16.6. The predicted molar refractivity (Wildman–Crippen MR) is 372 cm³/mol. The summed E-state index contributed by atoms with van der Waals surface area (Å²) in [4.78, 5) is 24.7. The Labute approximate surface area is 527 Å². The second kappa shape index (κ2) is 75.6. The van der Waals surface area contributed by atoms with E-state index < -0.39 is 6.10 Å². The Bertz CT molecular complexity index is 1290. The monoisotopic (exact) mass is 1180 g/mol. The number of rotatable bonds is 74. The Hall–Kier alpha value is -1.62. The summed E-state index contributed by atoms with van der Waals surface area (Å²) in [5, 5.41) is 9.72. The topological polar surface area (TPSA) is 72.8 Å². The van der Waals surface area contributed by atoms with Crippen LogP contribution in [0.15, 0.2) is 24.3 Å². The van der Waals surface area contributed by atoms with Crippen LogP contribution >= 0.6 is 0 Å². The van der Waals surface area contributed by atoms with Crippen LogP contribution in [0.5, 0.6) is 0 Å². The smallest absolute Gasteiger partial charge is 0.306 e. The third kappa shape index (κ3) is 72.9. The summed E-state index contributed by atoms with van der Waals surface area (Å²) < 4.78 is 10.8. The van der Waals surface area contributed by atoms with Crippen molar-refractivity contribution in [3.05, 3.63) is 24.3 Å². The first-order valence-electron chi connectivity index (χ1n) is 38.9. The van der Waals surface area contributed by atoms with Crippen LogP contribution in [0.4, 0.5) is 0 Å². The highest BCUT2D eigenvalue weighted by Crippen LogP contribution is 2.20. The van der Waals surface area contributed by atoms with Crippen molar-refractivity contribution in [2.75, 3.05) is 13.2 Å². The fourth-order valence-electron chi connectivity index (χ4n) is 12.4. The zero-order valence-corrected chi connectivity index (χ0v) is 57.5. The van der Waals surface area contributed by atoms with Gasteiger partial charge in [0.2, 0.25) is 0 Å². The maximum absolute atomic E-state index is 12.4. The molecule has 0 fully saturated rings. The molecule has 0 aliphatic heterocycles. The van der Waals surface area contributed by atoms with E-state index in [4.69, 9.17) is 9.47 Å². The van der Waals surface area contributed by atoms with Gasteiger partial charge in [0, 0.05) is 12.8 Å². The second-order valence-corrected chi connectivity index (χ2v) is 26.8. The van der Waals surface area contributed by atoms with Crippen molar-refractivity contribution in [1.82, 2.24) is 0 Å². The normalized spacial score (nSPS) is 12.2. The Balaban J connectivity index is 3.35. The quantitative estimate of drug-likeness (QED) is 0.0373. The number of esters is 2. The highest BCUT2D eigenvalue weighted by Gasteiger charge is 2.16.